The third-order valence-electron chi connectivity index (χ3n) is 12.0. The summed E-state index contributed by atoms with van der Waals surface area (Å²) < 4.78 is 11.7. The number of ether oxygens (including phenoxy) is 2. The molecular weight excluding hydrogens is 747 g/mol. The van der Waals surface area contributed by atoms with Gasteiger partial charge in [0, 0.05) is 30.6 Å². The van der Waals surface area contributed by atoms with Gasteiger partial charge in [0.15, 0.2) is 6.29 Å². The normalized spacial score (nSPS) is 32.2. The Hall–Kier alpha value is -3.20. The van der Waals surface area contributed by atoms with E-state index < -0.39 is 53.8 Å². The zero-order valence-corrected chi connectivity index (χ0v) is 36.6. The van der Waals surface area contributed by atoms with E-state index in [9.17, 15) is 29.4 Å². The molecule has 13 nitrogen and oxygen atoms in total. The van der Waals surface area contributed by atoms with Gasteiger partial charge in [0.1, 0.15) is 23.9 Å². The molecule has 10 atom stereocenters. The molecule has 4 rings (SSSR count). The van der Waals surface area contributed by atoms with Gasteiger partial charge in [-0.15, -0.1) is 11.8 Å². The molecule has 1 unspecified atom stereocenters. The molecule has 0 saturated carbocycles. The van der Waals surface area contributed by atoms with Gasteiger partial charge in [-0.3, -0.25) is 24.2 Å². The van der Waals surface area contributed by atoms with Crippen molar-refractivity contribution in [1.29, 1.82) is 0 Å². The van der Waals surface area contributed by atoms with Gasteiger partial charge >= 0.3 is 0 Å². The lowest BCUT2D eigenvalue weighted by molar-refractivity contribution is -0.197. The summed E-state index contributed by atoms with van der Waals surface area (Å²) in [4.78, 5) is 62.0. The van der Waals surface area contributed by atoms with Crippen LogP contribution >= 0.6 is 11.8 Å². The number of fused-ring (bicyclic) bond motifs is 2. The third kappa shape index (κ3) is 12.4. The molecule has 0 radical (unpaired) electrons. The molecule has 5 N–H and O–H groups in total. The number of carbonyl (C=O) groups excluding carboxylic acids is 4. The number of methoxy groups -OCH3 is 1. The van der Waals surface area contributed by atoms with Crippen molar-refractivity contribution in [3.63, 3.8) is 0 Å². The maximum absolute atomic E-state index is 14.3. The van der Waals surface area contributed by atoms with Crippen molar-refractivity contribution < 1.29 is 38.9 Å². The molecule has 3 aliphatic heterocycles. The van der Waals surface area contributed by atoms with Gasteiger partial charge in [0.2, 0.25) is 23.6 Å². The Kier molecular flexibility index (Phi) is 16.5. The van der Waals surface area contributed by atoms with Crippen molar-refractivity contribution in [2.45, 2.75) is 162 Å². The molecule has 4 amide bonds. The fraction of sp³-hybridized carbons (Fsp3) is 0.744. The van der Waals surface area contributed by atoms with Crippen molar-refractivity contribution in [2.75, 3.05) is 19.4 Å². The summed E-state index contributed by atoms with van der Waals surface area (Å²) in [6.07, 6.45) is 1.35. The second kappa shape index (κ2) is 20.2. The first-order valence-corrected chi connectivity index (χ1v) is 21.8. The Balaban J connectivity index is 1.65. The highest BCUT2D eigenvalue weighted by Gasteiger charge is 2.43. The maximum Gasteiger partial charge on any atom is 0.245 e. The molecule has 1 saturated heterocycles. The second-order valence-electron chi connectivity index (χ2n) is 18.1. The van der Waals surface area contributed by atoms with Crippen LogP contribution in [-0.4, -0.2) is 112 Å². The van der Waals surface area contributed by atoms with E-state index in [1.807, 2.05) is 39.8 Å². The minimum Gasteiger partial charge on any atom is -0.497 e. The van der Waals surface area contributed by atoms with Crippen LogP contribution in [0.2, 0.25) is 0 Å². The van der Waals surface area contributed by atoms with Crippen molar-refractivity contribution in [2.24, 2.45) is 27.7 Å². The standard InChI is InChI=1S/C43H69N5O8S/c1-11-26(3)36-39(53)48-20-12-13-32(48)40(54)56-34(42(5,6)7)22-25(2)21-33(49)43(8,9)41-45-29(24-57-41)16-19-35(50)46-31(38(52)44-27(4)37(51)47-36)23-28-14-17-30(55-10)18-15-28/h14-15,17-18,25-27,29,31-34,36,40,49,54H,11-13,16,19-24H2,1-10H3,(H,44,52)(H,46,50)(H,47,51)/t25-,26-,27-,29+,31-,32-,33-,34-,36-,40?/m0/s1. The second-order valence-corrected chi connectivity index (χ2v) is 19.2. The van der Waals surface area contributed by atoms with Crippen LogP contribution in [0.4, 0.5) is 0 Å². The number of aliphatic hydroxyl groups is 2. The fourth-order valence-corrected chi connectivity index (χ4v) is 9.04. The quantitative estimate of drug-likeness (QED) is 0.284. The molecule has 2 bridgehead atoms. The first kappa shape index (κ1) is 46.5. The van der Waals surface area contributed by atoms with Crippen LogP contribution in [0.1, 0.15) is 113 Å². The van der Waals surface area contributed by atoms with E-state index in [2.05, 4.69) is 43.6 Å². The average molecular weight is 816 g/mol. The molecule has 320 valence electrons. The third-order valence-corrected chi connectivity index (χ3v) is 13.5. The lowest BCUT2D eigenvalue weighted by atomic mass is 9.78. The fourth-order valence-electron chi connectivity index (χ4n) is 7.72. The Morgan fingerprint density at radius 2 is 1.70 bits per heavy atom. The molecular formula is C43H69N5O8S. The number of aliphatic hydroxyl groups excluding tert-OH is 2. The van der Waals surface area contributed by atoms with E-state index in [1.54, 1.807) is 42.8 Å². The zero-order valence-electron chi connectivity index (χ0n) is 35.8. The summed E-state index contributed by atoms with van der Waals surface area (Å²) in [5.74, 6) is -0.553. The number of carbonyl (C=O) groups is 4. The van der Waals surface area contributed by atoms with E-state index in [0.717, 1.165) is 10.6 Å². The highest BCUT2D eigenvalue weighted by atomic mass is 32.2. The Morgan fingerprint density at radius 1 is 1.02 bits per heavy atom. The van der Waals surface area contributed by atoms with Gasteiger partial charge < -0.3 is 40.5 Å². The van der Waals surface area contributed by atoms with Crippen LogP contribution in [0.15, 0.2) is 29.3 Å². The lowest BCUT2D eigenvalue weighted by Crippen LogP contribution is -2.59. The Labute approximate surface area is 344 Å². The average Bonchev–Trinajstić information content (AvgIpc) is 3.86. The van der Waals surface area contributed by atoms with Crippen LogP contribution in [0.25, 0.3) is 0 Å². The van der Waals surface area contributed by atoms with Crippen LogP contribution in [0.3, 0.4) is 0 Å². The summed E-state index contributed by atoms with van der Waals surface area (Å²) in [7, 11) is 1.57. The van der Waals surface area contributed by atoms with Crippen LogP contribution < -0.4 is 20.7 Å². The summed E-state index contributed by atoms with van der Waals surface area (Å²) in [6, 6.07) is 3.57. The maximum atomic E-state index is 14.3. The van der Waals surface area contributed by atoms with Crippen molar-refractivity contribution in [3.8, 4) is 5.75 Å². The van der Waals surface area contributed by atoms with Gasteiger partial charge in [-0.1, -0.05) is 73.9 Å². The van der Waals surface area contributed by atoms with Crippen LogP contribution in [0.5, 0.6) is 5.75 Å². The van der Waals surface area contributed by atoms with Gasteiger partial charge in [0.05, 0.1) is 36.4 Å². The molecule has 3 heterocycles. The topological polar surface area (TPSA) is 179 Å². The predicted octanol–water partition coefficient (Wildman–Crippen LogP) is 4.61. The molecule has 1 fully saturated rings. The van der Waals surface area contributed by atoms with Gasteiger partial charge in [-0.25, -0.2) is 0 Å². The number of rotatable bonds is 5. The van der Waals surface area contributed by atoms with E-state index in [4.69, 9.17) is 14.5 Å². The van der Waals surface area contributed by atoms with Crippen molar-refractivity contribution in [1.82, 2.24) is 20.9 Å². The zero-order chi connectivity index (χ0) is 42.2. The lowest BCUT2D eigenvalue weighted by Gasteiger charge is -2.39. The SMILES string of the molecule is CC[C@H](C)[C@@H]1NC(=O)[C@H](C)NC(=O)[C@H](Cc2ccc(OC)cc2)NC(=O)CC[C@@H]2CSC(=N2)C(C)(C)[C@@H](O)C[C@H](C)C[C@@H](C(C)(C)C)OC(O)[C@@H]2CCCN2C1=O. The number of aliphatic imine (C=N–C) groups is 1. The van der Waals surface area contributed by atoms with Crippen molar-refractivity contribution in [3.05, 3.63) is 29.8 Å². The summed E-state index contributed by atoms with van der Waals surface area (Å²) in [5, 5.41) is 32.7. The summed E-state index contributed by atoms with van der Waals surface area (Å²) in [5.41, 5.74) is -0.184. The number of thioether (sulfide) groups is 1. The molecule has 57 heavy (non-hydrogen) atoms. The van der Waals surface area contributed by atoms with Crippen LogP contribution in [-0.2, 0) is 30.3 Å². The summed E-state index contributed by atoms with van der Waals surface area (Å²) in [6.45, 7) is 18.1. The smallest absolute Gasteiger partial charge is 0.245 e. The van der Waals surface area contributed by atoms with E-state index in [0.29, 0.717) is 56.6 Å². The number of nitrogens with zero attached hydrogens (tertiary/aromatic N) is 2. The van der Waals surface area contributed by atoms with Crippen LogP contribution in [0, 0.1) is 22.7 Å². The monoisotopic (exact) mass is 815 g/mol. The molecule has 3 aliphatic rings. The molecule has 0 spiro atoms. The predicted molar refractivity (Wildman–Crippen MR) is 224 cm³/mol. The number of hydrogen-bond acceptors (Lipinski definition) is 10. The van der Waals surface area contributed by atoms with Gasteiger partial charge in [-0.2, -0.15) is 0 Å². The molecule has 0 aliphatic carbocycles. The highest BCUT2D eigenvalue weighted by molar-refractivity contribution is 8.14. The number of nitrogens with one attached hydrogen (secondary N) is 3. The minimum atomic E-state index is -1.26. The number of amides is 4. The molecule has 14 heteroatoms. The minimum absolute atomic E-state index is 0.0344. The highest BCUT2D eigenvalue weighted by Crippen LogP contribution is 2.39. The molecule has 1 aromatic rings. The number of benzene rings is 1. The van der Waals surface area contributed by atoms with E-state index >= 15 is 0 Å². The van der Waals surface area contributed by atoms with Gasteiger partial charge in [-0.05, 0) is 74.0 Å². The Morgan fingerprint density at radius 3 is 2.33 bits per heavy atom. The van der Waals surface area contributed by atoms with Gasteiger partial charge in [0.25, 0.3) is 0 Å². The molecule has 0 aromatic heterocycles. The molecule has 1 aromatic carbocycles. The van der Waals surface area contributed by atoms with Crippen molar-refractivity contribution >= 4 is 40.4 Å². The number of hydrogen-bond donors (Lipinski definition) is 5. The summed E-state index contributed by atoms with van der Waals surface area (Å²) >= 11 is 1.61. The first-order valence-electron chi connectivity index (χ1n) is 20.8. The first-order chi connectivity index (χ1) is 26.7. The van der Waals surface area contributed by atoms with E-state index in [1.165, 1.54) is 0 Å². The largest absolute Gasteiger partial charge is 0.497 e. The Bertz CT molecular complexity index is 1560. The van der Waals surface area contributed by atoms with E-state index in [-0.39, 0.29) is 54.1 Å².